The van der Waals surface area contributed by atoms with Crippen molar-refractivity contribution in [2.75, 3.05) is 0 Å². The summed E-state index contributed by atoms with van der Waals surface area (Å²) in [4.78, 5) is 70.7. The predicted molar refractivity (Wildman–Crippen MR) is 292 cm³/mol. The topological polar surface area (TPSA) is 175 Å². The zero-order chi connectivity index (χ0) is 55.8. The van der Waals surface area contributed by atoms with Crippen molar-refractivity contribution in [3.8, 4) is 0 Å². The molecule has 6 heterocycles. The molecular formula is C63H90O13. The van der Waals surface area contributed by atoms with Gasteiger partial charge in [-0.2, -0.15) is 19.2 Å². The van der Waals surface area contributed by atoms with E-state index in [4.69, 9.17) is 47.6 Å². The fourth-order valence-corrected chi connectivity index (χ4v) is 10.3. The maximum atomic E-state index is 13.0. The molecule has 0 spiro atoms. The van der Waals surface area contributed by atoms with E-state index >= 15 is 0 Å². The van der Waals surface area contributed by atoms with Crippen LogP contribution < -0.4 is 0 Å². The van der Waals surface area contributed by atoms with Gasteiger partial charge in [0.2, 0.25) is 0 Å². The molecule has 8 unspecified atom stereocenters. The van der Waals surface area contributed by atoms with Crippen LogP contribution >= 0.6 is 0 Å². The highest BCUT2D eigenvalue weighted by Gasteiger charge is 2.35. The van der Waals surface area contributed by atoms with Gasteiger partial charge in [-0.3, -0.25) is 14.4 Å². The Morgan fingerprint density at radius 3 is 1.28 bits per heavy atom. The first kappa shape index (κ1) is 65.2. The quantitative estimate of drug-likeness (QED) is 0.128. The van der Waals surface area contributed by atoms with Gasteiger partial charge in [0.1, 0.15) is 18.0 Å². The molecule has 6 aliphatic heterocycles. The summed E-state index contributed by atoms with van der Waals surface area (Å²) in [5, 5.41) is 0. The number of carbonyl (C=O) groups is 3. The minimum atomic E-state index is -0.418. The molecule has 0 N–H and O–H groups in total. The number of allylic oxidation sites excluding steroid dienone is 12. The number of ether oxygens (including phenoxy) is 6. The van der Waals surface area contributed by atoms with E-state index in [0.717, 1.165) is 89.0 Å². The molecule has 13 nitrogen and oxygen atoms in total. The number of fused-ring (bicyclic) bond motifs is 8. The molecular weight excluding hydrogens is 965 g/mol. The lowest BCUT2D eigenvalue weighted by atomic mass is 9.90. The Morgan fingerprint density at radius 2 is 0.855 bits per heavy atom. The zero-order valence-corrected chi connectivity index (χ0v) is 46.9. The van der Waals surface area contributed by atoms with E-state index < -0.39 is 6.10 Å². The van der Waals surface area contributed by atoms with Gasteiger partial charge >= 0.3 is 24.2 Å². The summed E-state index contributed by atoms with van der Waals surface area (Å²) in [5.74, 6) is 0.501. The summed E-state index contributed by atoms with van der Waals surface area (Å²) in [6.45, 7) is 21.4. The van der Waals surface area contributed by atoms with Crippen molar-refractivity contribution >= 4 is 30.0 Å². The van der Waals surface area contributed by atoms with E-state index in [1.807, 2.05) is 48.6 Å². The Hall–Kier alpha value is -5.13. The predicted octanol–water partition coefficient (Wildman–Crippen LogP) is 12.7. The first-order valence-corrected chi connectivity index (χ1v) is 28.0. The number of ketones is 1. The third kappa shape index (κ3) is 26.8. The summed E-state index contributed by atoms with van der Waals surface area (Å²) >= 11 is 0. The lowest BCUT2D eigenvalue weighted by Gasteiger charge is -2.37. The Balaban J connectivity index is 0.000000363. The van der Waals surface area contributed by atoms with E-state index in [1.54, 1.807) is 0 Å². The second-order valence-electron chi connectivity index (χ2n) is 21.6. The SMILES string of the molecule is C=C1CC2CC(=O)OC(/C=C/C=C\C=C(/C)CC)[C@@H](C)/C=C/[C@H](C)C[C@H]3CCCC(CC(C1)O2)O3.CC/C(C)=C/C=C\C=C\C1OC(=O)CC2CC(=O)CC(CC3CCC[C@H](C[C@@H](C)/C=C/[C@@H]1C)O3)O2.O=C=O.O=C=O. The van der Waals surface area contributed by atoms with Crippen LogP contribution in [0.2, 0.25) is 0 Å². The average molecular weight is 1060 g/mol. The molecule has 0 saturated carbocycles. The molecule has 0 aliphatic carbocycles. The normalized spacial score (nSPS) is 34.2. The highest BCUT2D eigenvalue weighted by Crippen LogP contribution is 2.34. The van der Waals surface area contributed by atoms with Crippen LogP contribution in [0.25, 0.3) is 0 Å². The van der Waals surface area contributed by atoms with E-state index in [9.17, 15) is 14.4 Å². The summed E-state index contributed by atoms with van der Waals surface area (Å²) < 4.78 is 37.4. The van der Waals surface area contributed by atoms with Crippen LogP contribution in [0.5, 0.6) is 0 Å². The zero-order valence-electron chi connectivity index (χ0n) is 46.9. The fraction of sp³-hybridized carbons (Fsp3) is 0.635. The molecule has 76 heavy (non-hydrogen) atoms. The van der Waals surface area contributed by atoms with Crippen molar-refractivity contribution in [1.29, 1.82) is 0 Å². The van der Waals surface area contributed by atoms with E-state index in [1.165, 1.54) is 17.6 Å². The van der Waals surface area contributed by atoms with Crippen molar-refractivity contribution in [3.05, 3.63) is 108 Å². The molecule has 6 rings (SSSR count). The van der Waals surface area contributed by atoms with Gasteiger partial charge in [0.05, 0.1) is 61.7 Å². The van der Waals surface area contributed by atoms with Gasteiger partial charge in [-0.15, -0.1) is 0 Å². The molecule has 0 aromatic rings. The standard InChI is InChI=1S/C31H46O4.C30H44O5.2CO2/c1-6-22(2)11-8-7-9-14-30-25(5)16-15-23(3)17-26-12-10-13-27(33-26)20-28-18-24(4)19-29(34-28)21-31(32)35-30;1-5-21(2)10-7-6-8-13-29-23(4)15-14-22(3)16-25-11-9-12-26(33-25)19-27-17-24(31)18-28(34-27)20-30(32)35-29;2*2-1-3/h7-9,11,14-16,23,25-30H,4,6,10,12-13,17-21H2,1-3,5H3;6-8,10,13-15,22-23,25-29H,5,9,11-12,16-20H2,1-4H3;;/b8-7-,14-9+,16-15+,22-11+;7-6-,13-8+,15-14+,21-10+;;/t23-,25-,26+,27?,28?,29?,30?;22-,23-,25+,26?,27?,28?,29?;;/m00../s1. The summed E-state index contributed by atoms with van der Waals surface area (Å²) in [6, 6.07) is 0. The van der Waals surface area contributed by atoms with Gasteiger partial charge in [-0.05, 0) is 115 Å². The summed E-state index contributed by atoms with van der Waals surface area (Å²) in [6.07, 6.45) is 43.9. The minimum Gasteiger partial charge on any atom is -0.457 e. The number of Topliss-reactive ketones (excluding diaryl/α,β-unsaturated/α-hetero) is 1. The largest absolute Gasteiger partial charge is 0.457 e. The Bertz CT molecular complexity index is 1960. The van der Waals surface area contributed by atoms with Crippen LogP contribution in [0.15, 0.2) is 108 Å². The second-order valence-corrected chi connectivity index (χ2v) is 21.6. The van der Waals surface area contributed by atoms with Gasteiger partial charge in [0, 0.05) is 37.5 Å². The van der Waals surface area contributed by atoms with Crippen molar-refractivity contribution in [2.45, 2.75) is 232 Å². The lowest BCUT2D eigenvalue weighted by molar-refractivity contribution is -0.193. The van der Waals surface area contributed by atoms with E-state index in [2.05, 4.69) is 98.4 Å². The molecule has 6 aliphatic rings. The first-order valence-electron chi connectivity index (χ1n) is 28.0. The van der Waals surface area contributed by atoms with Crippen LogP contribution in [-0.4, -0.2) is 91.1 Å². The maximum Gasteiger partial charge on any atom is 0.373 e. The fourth-order valence-electron chi connectivity index (χ4n) is 10.3. The molecule has 8 bridgehead atoms. The van der Waals surface area contributed by atoms with Gasteiger partial charge in [-0.1, -0.05) is 138 Å². The summed E-state index contributed by atoms with van der Waals surface area (Å²) in [7, 11) is 0. The number of rotatable bonds is 8. The highest BCUT2D eigenvalue weighted by molar-refractivity contribution is 5.81. The molecule has 0 radical (unpaired) electrons. The van der Waals surface area contributed by atoms with E-state index in [0.29, 0.717) is 24.4 Å². The maximum absolute atomic E-state index is 13.0. The third-order valence-corrected chi connectivity index (χ3v) is 14.7. The Morgan fingerprint density at radius 1 is 0.500 bits per heavy atom. The average Bonchev–Trinajstić information content (AvgIpc) is 3.36. The van der Waals surface area contributed by atoms with Gasteiger partial charge in [-0.25, -0.2) is 0 Å². The molecule has 13 heteroatoms. The highest BCUT2D eigenvalue weighted by atomic mass is 16.6. The molecule has 0 aromatic heterocycles. The van der Waals surface area contributed by atoms with Crippen LogP contribution in [0.3, 0.4) is 0 Å². The number of cyclic esters (lactones) is 2. The number of hydrogen-bond donors (Lipinski definition) is 0. The van der Waals surface area contributed by atoms with Gasteiger partial charge < -0.3 is 28.4 Å². The molecule has 14 atom stereocenters. The summed E-state index contributed by atoms with van der Waals surface area (Å²) in [5.41, 5.74) is 3.80. The van der Waals surface area contributed by atoms with Crippen LogP contribution in [0, 0.1) is 23.7 Å². The van der Waals surface area contributed by atoms with Crippen LogP contribution in [-0.2, 0) is 62.0 Å². The molecule has 0 amide bonds. The number of esters is 2. The lowest BCUT2D eigenvalue weighted by Crippen LogP contribution is -2.39. The monoisotopic (exact) mass is 1050 g/mol. The molecule has 4 saturated heterocycles. The van der Waals surface area contributed by atoms with Crippen LogP contribution in [0.1, 0.15) is 171 Å². The van der Waals surface area contributed by atoms with Crippen molar-refractivity contribution in [3.63, 3.8) is 0 Å². The molecule has 0 aromatic carbocycles. The molecule has 4 fully saturated rings. The van der Waals surface area contributed by atoms with Crippen molar-refractivity contribution < 1.29 is 62.0 Å². The molecule has 420 valence electrons. The van der Waals surface area contributed by atoms with Crippen LogP contribution in [0.4, 0.5) is 0 Å². The Labute approximate surface area is 454 Å². The number of carbonyl (C=O) groups excluding carboxylic acids is 7. The number of hydrogen-bond acceptors (Lipinski definition) is 13. The Kier molecular flexibility index (Phi) is 31.6. The third-order valence-electron chi connectivity index (χ3n) is 14.7. The smallest absolute Gasteiger partial charge is 0.373 e. The van der Waals surface area contributed by atoms with Gasteiger partial charge in [0.25, 0.3) is 0 Å². The minimum absolute atomic E-state index is 0.0218. The second kappa shape index (κ2) is 36.8. The van der Waals surface area contributed by atoms with E-state index in [-0.39, 0.29) is 110 Å². The van der Waals surface area contributed by atoms with Crippen molar-refractivity contribution in [2.24, 2.45) is 23.7 Å². The first-order chi connectivity index (χ1) is 36.5. The van der Waals surface area contributed by atoms with Gasteiger partial charge in [0.15, 0.2) is 0 Å². The van der Waals surface area contributed by atoms with Crippen molar-refractivity contribution in [1.82, 2.24) is 0 Å².